The molecular weight excluding hydrogens is 337 g/mol. The van der Waals surface area contributed by atoms with Crippen LogP contribution in [-0.4, -0.2) is 31.0 Å². The van der Waals surface area contributed by atoms with Crippen LogP contribution in [0, 0.1) is 5.82 Å². The summed E-state index contributed by atoms with van der Waals surface area (Å²) in [6, 6.07) is 13.1. The SMILES string of the molecule is CN(CCOc1ccc(Br)cc1)C(=O)c1cccc(F)c1. The highest BCUT2D eigenvalue weighted by atomic mass is 79.9. The molecule has 0 unspecified atom stereocenters. The molecule has 1 amide bonds. The number of carbonyl (C=O) groups is 1. The number of benzene rings is 2. The van der Waals surface area contributed by atoms with Crippen LogP contribution in [0.2, 0.25) is 0 Å². The van der Waals surface area contributed by atoms with E-state index >= 15 is 0 Å². The third-order valence-electron chi connectivity index (χ3n) is 2.93. The lowest BCUT2D eigenvalue weighted by Gasteiger charge is -2.17. The molecule has 3 nitrogen and oxygen atoms in total. The molecule has 0 spiro atoms. The molecular formula is C16H15BrFNO2. The van der Waals surface area contributed by atoms with E-state index in [-0.39, 0.29) is 5.91 Å². The fourth-order valence-electron chi connectivity index (χ4n) is 1.77. The van der Waals surface area contributed by atoms with Crippen LogP contribution in [-0.2, 0) is 0 Å². The van der Waals surface area contributed by atoms with Gasteiger partial charge in [0.15, 0.2) is 0 Å². The molecule has 0 radical (unpaired) electrons. The van der Waals surface area contributed by atoms with E-state index in [1.165, 1.54) is 23.1 Å². The van der Waals surface area contributed by atoms with Crippen molar-refractivity contribution in [2.75, 3.05) is 20.2 Å². The van der Waals surface area contributed by atoms with Gasteiger partial charge in [0.05, 0.1) is 6.54 Å². The maximum atomic E-state index is 13.1. The molecule has 2 aromatic rings. The Morgan fingerprint density at radius 1 is 1.24 bits per heavy atom. The lowest BCUT2D eigenvalue weighted by molar-refractivity contribution is 0.0773. The normalized spacial score (nSPS) is 10.2. The van der Waals surface area contributed by atoms with Crippen molar-refractivity contribution in [3.8, 4) is 5.75 Å². The number of nitrogens with zero attached hydrogens (tertiary/aromatic N) is 1. The van der Waals surface area contributed by atoms with Crippen LogP contribution in [0.3, 0.4) is 0 Å². The average molecular weight is 352 g/mol. The van der Waals surface area contributed by atoms with Crippen LogP contribution in [0.15, 0.2) is 53.0 Å². The van der Waals surface area contributed by atoms with Crippen molar-refractivity contribution in [1.82, 2.24) is 4.90 Å². The van der Waals surface area contributed by atoms with Crippen molar-refractivity contribution in [3.63, 3.8) is 0 Å². The maximum absolute atomic E-state index is 13.1. The van der Waals surface area contributed by atoms with E-state index in [1.54, 1.807) is 13.1 Å². The van der Waals surface area contributed by atoms with Gasteiger partial charge in [0.1, 0.15) is 18.2 Å². The second-order valence-corrected chi connectivity index (χ2v) is 5.46. The Balaban J connectivity index is 1.85. The van der Waals surface area contributed by atoms with Crippen LogP contribution < -0.4 is 4.74 Å². The largest absolute Gasteiger partial charge is 0.492 e. The van der Waals surface area contributed by atoms with Crippen molar-refractivity contribution in [3.05, 3.63) is 64.4 Å². The van der Waals surface area contributed by atoms with Crippen LogP contribution in [0.5, 0.6) is 5.75 Å². The Labute approximate surface area is 131 Å². The molecule has 0 atom stereocenters. The van der Waals surface area contributed by atoms with Crippen molar-refractivity contribution < 1.29 is 13.9 Å². The standard InChI is InChI=1S/C16H15BrFNO2/c1-19(16(20)12-3-2-4-14(18)11-12)9-10-21-15-7-5-13(17)6-8-15/h2-8,11H,9-10H2,1H3. The molecule has 0 N–H and O–H groups in total. The number of rotatable bonds is 5. The lowest BCUT2D eigenvalue weighted by atomic mass is 10.2. The lowest BCUT2D eigenvalue weighted by Crippen LogP contribution is -2.30. The molecule has 5 heteroatoms. The maximum Gasteiger partial charge on any atom is 0.253 e. The molecule has 21 heavy (non-hydrogen) atoms. The Bertz CT molecular complexity index is 616. The minimum Gasteiger partial charge on any atom is -0.492 e. The summed E-state index contributed by atoms with van der Waals surface area (Å²) in [6.45, 7) is 0.796. The zero-order valence-corrected chi connectivity index (χ0v) is 13.1. The topological polar surface area (TPSA) is 29.5 Å². The van der Waals surface area contributed by atoms with Gasteiger partial charge in [-0.2, -0.15) is 0 Å². The molecule has 110 valence electrons. The zero-order valence-electron chi connectivity index (χ0n) is 11.6. The van der Waals surface area contributed by atoms with Gasteiger partial charge in [-0.15, -0.1) is 0 Å². The van der Waals surface area contributed by atoms with Gasteiger partial charge in [-0.05, 0) is 42.5 Å². The summed E-state index contributed by atoms with van der Waals surface area (Å²) < 4.78 is 19.6. The summed E-state index contributed by atoms with van der Waals surface area (Å²) in [7, 11) is 1.66. The molecule has 0 aliphatic carbocycles. The van der Waals surface area contributed by atoms with E-state index in [9.17, 15) is 9.18 Å². The van der Waals surface area contributed by atoms with Gasteiger partial charge >= 0.3 is 0 Å². The quantitative estimate of drug-likeness (QED) is 0.821. The fraction of sp³-hybridized carbons (Fsp3) is 0.188. The van der Waals surface area contributed by atoms with Gasteiger partial charge in [0.2, 0.25) is 0 Å². The Morgan fingerprint density at radius 3 is 2.62 bits per heavy atom. The summed E-state index contributed by atoms with van der Waals surface area (Å²) in [5.74, 6) is 0.0964. The minimum atomic E-state index is -0.416. The molecule has 2 aromatic carbocycles. The molecule has 0 aromatic heterocycles. The first-order valence-corrected chi connectivity index (χ1v) is 7.25. The summed E-state index contributed by atoms with van der Waals surface area (Å²) in [6.07, 6.45) is 0. The average Bonchev–Trinajstić information content (AvgIpc) is 2.48. The fourth-order valence-corrected chi connectivity index (χ4v) is 2.04. The molecule has 0 aliphatic rings. The van der Waals surface area contributed by atoms with Crippen LogP contribution >= 0.6 is 15.9 Å². The highest BCUT2D eigenvalue weighted by molar-refractivity contribution is 9.10. The van der Waals surface area contributed by atoms with Crippen molar-refractivity contribution >= 4 is 21.8 Å². The number of amides is 1. The van der Waals surface area contributed by atoms with E-state index in [2.05, 4.69) is 15.9 Å². The number of carbonyl (C=O) groups excluding carboxylic acids is 1. The number of ether oxygens (including phenoxy) is 1. The Kier molecular flexibility index (Phi) is 5.33. The summed E-state index contributed by atoms with van der Waals surface area (Å²) in [5, 5.41) is 0. The number of hydrogen-bond donors (Lipinski definition) is 0. The first kappa shape index (κ1) is 15.5. The molecule has 0 saturated carbocycles. The Hall–Kier alpha value is -1.88. The van der Waals surface area contributed by atoms with Gasteiger partial charge in [0.25, 0.3) is 5.91 Å². The first-order chi connectivity index (χ1) is 10.1. The van der Waals surface area contributed by atoms with Crippen molar-refractivity contribution in [1.29, 1.82) is 0 Å². The summed E-state index contributed by atoms with van der Waals surface area (Å²) >= 11 is 3.35. The van der Waals surface area contributed by atoms with Crippen molar-refractivity contribution in [2.45, 2.75) is 0 Å². The second kappa shape index (κ2) is 7.22. The zero-order chi connectivity index (χ0) is 15.2. The second-order valence-electron chi connectivity index (χ2n) is 4.54. The molecule has 2 rings (SSSR count). The van der Waals surface area contributed by atoms with Gasteiger partial charge < -0.3 is 9.64 Å². The third kappa shape index (κ3) is 4.56. The predicted molar refractivity (Wildman–Crippen MR) is 83.0 cm³/mol. The van der Waals surface area contributed by atoms with E-state index < -0.39 is 5.82 Å². The van der Waals surface area contributed by atoms with Crippen molar-refractivity contribution in [2.24, 2.45) is 0 Å². The van der Waals surface area contributed by atoms with Crippen LogP contribution in [0.1, 0.15) is 10.4 Å². The van der Waals surface area contributed by atoms with E-state index in [0.29, 0.717) is 18.7 Å². The van der Waals surface area contributed by atoms with E-state index in [4.69, 9.17) is 4.74 Å². The van der Waals surface area contributed by atoms with Gasteiger partial charge in [-0.25, -0.2) is 4.39 Å². The predicted octanol–water partition coefficient (Wildman–Crippen LogP) is 3.74. The number of likely N-dealkylation sites (N-methyl/N-ethyl adjacent to an activating group) is 1. The number of hydrogen-bond acceptors (Lipinski definition) is 2. The van der Waals surface area contributed by atoms with Crippen LogP contribution in [0.4, 0.5) is 4.39 Å². The van der Waals surface area contributed by atoms with Crippen LogP contribution in [0.25, 0.3) is 0 Å². The highest BCUT2D eigenvalue weighted by Gasteiger charge is 2.12. The smallest absolute Gasteiger partial charge is 0.253 e. The molecule has 0 saturated heterocycles. The first-order valence-electron chi connectivity index (χ1n) is 6.45. The molecule has 0 bridgehead atoms. The van der Waals surface area contributed by atoms with Gasteiger partial charge in [0, 0.05) is 17.1 Å². The number of halogens is 2. The minimum absolute atomic E-state index is 0.228. The molecule has 0 aliphatic heterocycles. The molecule has 0 fully saturated rings. The van der Waals surface area contributed by atoms with Gasteiger partial charge in [-0.1, -0.05) is 22.0 Å². The summed E-state index contributed by atoms with van der Waals surface area (Å²) in [5.41, 5.74) is 0.334. The Morgan fingerprint density at radius 2 is 1.95 bits per heavy atom. The molecule has 0 heterocycles. The van der Waals surface area contributed by atoms with Gasteiger partial charge in [-0.3, -0.25) is 4.79 Å². The van der Waals surface area contributed by atoms with E-state index in [0.717, 1.165) is 10.2 Å². The monoisotopic (exact) mass is 351 g/mol. The highest BCUT2D eigenvalue weighted by Crippen LogP contribution is 2.16. The summed E-state index contributed by atoms with van der Waals surface area (Å²) in [4.78, 5) is 13.6. The third-order valence-corrected chi connectivity index (χ3v) is 3.46. The van der Waals surface area contributed by atoms with E-state index in [1.807, 2.05) is 24.3 Å².